The fourth-order valence-corrected chi connectivity index (χ4v) is 1.89. The maximum atomic E-state index is 11.8. The van der Waals surface area contributed by atoms with Crippen LogP contribution >= 0.6 is 0 Å². The topological polar surface area (TPSA) is 57.8 Å². The van der Waals surface area contributed by atoms with E-state index in [1.54, 1.807) is 0 Å². The van der Waals surface area contributed by atoms with Crippen LogP contribution in [-0.2, 0) is 11.2 Å². The molecule has 0 aliphatic heterocycles. The van der Waals surface area contributed by atoms with Gasteiger partial charge in [0.05, 0.1) is 11.0 Å². The summed E-state index contributed by atoms with van der Waals surface area (Å²) in [7, 11) is 0. The van der Waals surface area contributed by atoms with Gasteiger partial charge in [-0.25, -0.2) is 4.98 Å². The Morgan fingerprint density at radius 2 is 2.05 bits per heavy atom. The first-order valence-corrected chi connectivity index (χ1v) is 6.79. The van der Waals surface area contributed by atoms with Crippen molar-refractivity contribution < 1.29 is 4.79 Å². The van der Waals surface area contributed by atoms with E-state index < -0.39 is 0 Å². The lowest BCUT2D eigenvalue weighted by atomic mass is 9.97. The van der Waals surface area contributed by atoms with Crippen LogP contribution in [0.25, 0.3) is 11.0 Å². The Bertz CT molecular complexity index is 526. The lowest BCUT2D eigenvalue weighted by molar-refractivity contribution is -0.125. The Hall–Kier alpha value is -1.84. The molecular weight excluding hydrogens is 238 g/mol. The molecule has 0 fully saturated rings. The van der Waals surface area contributed by atoms with E-state index in [2.05, 4.69) is 29.1 Å². The third-order valence-corrected chi connectivity index (χ3v) is 3.51. The van der Waals surface area contributed by atoms with Crippen LogP contribution in [0.15, 0.2) is 24.3 Å². The lowest BCUT2D eigenvalue weighted by Crippen LogP contribution is -2.33. The van der Waals surface area contributed by atoms with Gasteiger partial charge >= 0.3 is 0 Å². The van der Waals surface area contributed by atoms with Gasteiger partial charge in [0.15, 0.2) is 0 Å². The van der Waals surface area contributed by atoms with E-state index >= 15 is 0 Å². The highest BCUT2D eigenvalue weighted by molar-refractivity contribution is 5.78. The molecule has 0 aliphatic carbocycles. The van der Waals surface area contributed by atoms with Crippen LogP contribution in [-0.4, -0.2) is 22.4 Å². The molecule has 0 aliphatic rings. The molecule has 0 saturated carbocycles. The van der Waals surface area contributed by atoms with Crippen LogP contribution in [0.4, 0.5) is 0 Å². The highest BCUT2D eigenvalue weighted by atomic mass is 16.1. The normalized spacial score (nSPS) is 12.8. The summed E-state index contributed by atoms with van der Waals surface area (Å²) < 4.78 is 0. The second-order valence-electron chi connectivity index (χ2n) is 5.27. The van der Waals surface area contributed by atoms with Gasteiger partial charge in [-0.3, -0.25) is 4.79 Å². The number of nitrogens with zero attached hydrogens (tertiary/aromatic N) is 1. The highest BCUT2D eigenvalue weighted by Gasteiger charge is 2.15. The van der Waals surface area contributed by atoms with Crippen molar-refractivity contribution in [3.8, 4) is 0 Å². The first-order chi connectivity index (χ1) is 9.08. The van der Waals surface area contributed by atoms with Crippen molar-refractivity contribution in [1.29, 1.82) is 0 Å². The number of rotatable bonds is 5. The minimum Gasteiger partial charge on any atom is -0.355 e. The fourth-order valence-electron chi connectivity index (χ4n) is 1.89. The van der Waals surface area contributed by atoms with Crippen molar-refractivity contribution in [3.63, 3.8) is 0 Å². The number of H-pyrrole nitrogens is 1. The number of hydrogen-bond donors (Lipinski definition) is 2. The molecule has 0 spiro atoms. The smallest absolute Gasteiger partial charge is 0.223 e. The summed E-state index contributed by atoms with van der Waals surface area (Å²) in [6.45, 7) is 6.70. The van der Waals surface area contributed by atoms with Gasteiger partial charge in [-0.15, -0.1) is 0 Å². The van der Waals surface area contributed by atoms with Gasteiger partial charge in [0.1, 0.15) is 5.82 Å². The molecule has 1 aromatic heterocycles. The Morgan fingerprint density at radius 1 is 1.32 bits per heavy atom. The first-order valence-electron chi connectivity index (χ1n) is 6.79. The van der Waals surface area contributed by atoms with Crippen molar-refractivity contribution in [2.24, 2.45) is 11.8 Å². The summed E-state index contributed by atoms with van der Waals surface area (Å²) in [5.41, 5.74) is 2.01. The minimum absolute atomic E-state index is 0.0515. The number of aromatic amines is 1. The Morgan fingerprint density at radius 3 is 2.74 bits per heavy atom. The fraction of sp³-hybridized carbons (Fsp3) is 0.467. The number of amides is 1. The molecule has 0 saturated heterocycles. The molecule has 0 bridgehead atoms. The van der Waals surface area contributed by atoms with Crippen molar-refractivity contribution in [1.82, 2.24) is 15.3 Å². The number of nitrogens with one attached hydrogen (secondary N) is 2. The van der Waals surface area contributed by atoms with Crippen molar-refractivity contribution in [2.45, 2.75) is 27.2 Å². The van der Waals surface area contributed by atoms with E-state index in [1.165, 1.54) is 0 Å². The number of fused-ring (bicyclic) bond motifs is 1. The van der Waals surface area contributed by atoms with Gasteiger partial charge in [-0.1, -0.05) is 32.9 Å². The van der Waals surface area contributed by atoms with Crippen LogP contribution < -0.4 is 5.32 Å². The zero-order valence-corrected chi connectivity index (χ0v) is 11.7. The number of imidazole rings is 1. The average Bonchev–Trinajstić information content (AvgIpc) is 2.80. The Labute approximate surface area is 113 Å². The van der Waals surface area contributed by atoms with Gasteiger partial charge in [0.25, 0.3) is 0 Å². The molecule has 102 valence electrons. The zero-order chi connectivity index (χ0) is 13.8. The Kier molecular flexibility index (Phi) is 4.20. The van der Waals surface area contributed by atoms with Crippen molar-refractivity contribution in [3.05, 3.63) is 30.1 Å². The first kappa shape index (κ1) is 13.6. The summed E-state index contributed by atoms with van der Waals surface area (Å²) in [4.78, 5) is 19.5. The molecule has 1 atom stereocenters. The van der Waals surface area contributed by atoms with Gasteiger partial charge < -0.3 is 10.3 Å². The van der Waals surface area contributed by atoms with Gasteiger partial charge in [0.2, 0.25) is 5.91 Å². The highest BCUT2D eigenvalue weighted by Crippen LogP contribution is 2.11. The molecule has 4 heteroatoms. The number of carbonyl (C=O) groups excluding carboxylic acids is 1. The molecule has 19 heavy (non-hydrogen) atoms. The van der Waals surface area contributed by atoms with Crippen LogP contribution in [0, 0.1) is 11.8 Å². The van der Waals surface area contributed by atoms with Gasteiger partial charge in [-0.2, -0.15) is 0 Å². The quantitative estimate of drug-likeness (QED) is 0.866. The van der Waals surface area contributed by atoms with Crippen LogP contribution in [0.1, 0.15) is 26.6 Å². The average molecular weight is 259 g/mol. The molecule has 2 aromatic rings. The Balaban J connectivity index is 1.87. The van der Waals surface area contributed by atoms with Gasteiger partial charge in [-0.05, 0) is 18.1 Å². The van der Waals surface area contributed by atoms with E-state index in [9.17, 15) is 4.79 Å². The van der Waals surface area contributed by atoms with E-state index in [0.717, 1.165) is 23.3 Å². The summed E-state index contributed by atoms with van der Waals surface area (Å²) in [5, 5.41) is 2.96. The van der Waals surface area contributed by atoms with Crippen LogP contribution in [0.2, 0.25) is 0 Å². The predicted octanol–water partition coefficient (Wildman–Crippen LogP) is 2.51. The van der Waals surface area contributed by atoms with Crippen LogP contribution in [0.3, 0.4) is 0 Å². The third kappa shape index (κ3) is 3.34. The maximum absolute atomic E-state index is 11.8. The standard InChI is InChI=1S/C15H21N3O/c1-10(2)11(3)15(19)16-9-8-14-17-12-6-4-5-7-13(12)18-14/h4-7,10-11H,8-9H2,1-3H3,(H,16,19)(H,17,18). The second-order valence-corrected chi connectivity index (χ2v) is 5.27. The minimum atomic E-state index is 0.0515. The number of carbonyl (C=O) groups is 1. The lowest BCUT2D eigenvalue weighted by Gasteiger charge is -2.14. The molecule has 1 heterocycles. The SMILES string of the molecule is CC(C)C(C)C(=O)NCCc1nc2ccccc2[nH]1. The van der Waals surface area contributed by atoms with Gasteiger partial charge in [0, 0.05) is 18.9 Å². The van der Waals surface area contributed by atoms with E-state index in [1.807, 2.05) is 31.2 Å². The van der Waals surface area contributed by atoms with Crippen LogP contribution in [0.5, 0.6) is 0 Å². The molecular formula is C15H21N3O. The summed E-state index contributed by atoms with van der Waals surface area (Å²) in [5.74, 6) is 1.45. The molecule has 0 radical (unpaired) electrons. The molecule has 4 nitrogen and oxygen atoms in total. The maximum Gasteiger partial charge on any atom is 0.223 e. The van der Waals surface area contributed by atoms with E-state index in [-0.39, 0.29) is 11.8 Å². The van der Waals surface area contributed by atoms with Crippen molar-refractivity contribution >= 4 is 16.9 Å². The third-order valence-electron chi connectivity index (χ3n) is 3.51. The summed E-state index contributed by atoms with van der Waals surface area (Å²) in [6, 6.07) is 7.94. The van der Waals surface area contributed by atoms with E-state index in [0.29, 0.717) is 12.5 Å². The molecule has 1 unspecified atom stereocenters. The zero-order valence-electron chi connectivity index (χ0n) is 11.7. The molecule has 2 rings (SSSR count). The second kappa shape index (κ2) is 5.87. The number of hydrogen-bond acceptors (Lipinski definition) is 2. The summed E-state index contributed by atoms with van der Waals surface area (Å²) in [6.07, 6.45) is 0.727. The monoisotopic (exact) mass is 259 g/mol. The summed E-state index contributed by atoms with van der Waals surface area (Å²) >= 11 is 0. The van der Waals surface area contributed by atoms with Crippen molar-refractivity contribution in [2.75, 3.05) is 6.54 Å². The van der Waals surface area contributed by atoms with E-state index in [4.69, 9.17) is 0 Å². The molecule has 1 aromatic carbocycles. The number of aromatic nitrogens is 2. The largest absolute Gasteiger partial charge is 0.355 e. The molecule has 1 amide bonds. The predicted molar refractivity (Wildman–Crippen MR) is 76.8 cm³/mol. The molecule has 2 N–H and O–H groups in total. The number of benzene rings is 1. The number of para-hydroxylation sites is 2.